The van der Waals surface area contributed by atoms with Crippen molar-refractivity contribution in [2.75, 3.05) is 112 Å². The van der Waals surface area contributed by atoms with Gasteiger partial charge >= 0.3 is 5.97 Å². The van der Waals surface area contributed by atoms with E-state index in [0.29, 0.717) is 97.6 Å². The third-order valence-electron chi connectivity index (χ3n) is 8.32. The van der Waals surface area contributed by atoms with Crippen molar-refractivity contribution < 1.29 is 57.3 Å². The molecule has 5 rings (SSSR count). The Hall–Kier alpha value is -4.25. The van der Waals surface area contributed by atoms with Crippen LogP contribution in [0.4, 0.5) is 5.69 Å². The normalized spacial score (nSPS) is 14.0. The quantitative estimate of drug-likeness (QED) is 0.0633. The topological polar surface area (TPSA) is 172 Å². The van der Waals surface area contributed by atoms with E-state index < -0.39 is 5.97 Å². The first-order valence-corrected chi connectivity index (χ1v) is 16.9. The predicted octanol–water partition coefficient (Wildman–Crippen LogP) is 4.23. The molecule has 0 unspecified atom stereocenters. The van der Waals surface area contributed by atoms with Crippen LogP contribution >= 0.6 is 11.6 Å². The third kappa shape index (κ3) is 8.63. The number of alkyl halides is 1. The standard InChI is InChI=1S/C35H44ClN3O12/c1-43-5-6-47-7-8-48-9-10-49-11-12-50-13-14-51-32-28(44-2)16-21-15-24(37-30(21)33(32)45-3)34(41)39-20-22(19-36)29-23-17-25(35(42)46-4)38-31(23)27(40)18-26(29)39/h15-18,22,37-38,40H,5-14,19-20H2,1-4H3/t22-/m1/s1. The van der Waals surface area contributed by atoms with Gasteiger partial charge in [-0.25, -0.2) is 4.79 Å². The molecule has 0 fully saturated rings. The maximum Gasteiger partial charge on any atom is 0.354 e. The number of H-pyrrole nitrogens is 2. The van der Waals surface area contributed by atoms with E-state index in [1.807, 2.05) is 0 Å². The number of hydrogen-bond acceptors (Lipinski definition) is 12. The second-order valence-electron chi connectivity index (χ2n) is 11.4. The zero-order valence-electron chi connectivity index (χ0n) is 29.1. The zero-order chi connectivity index (χ0) is 36.3. The highest BCUT2D eigenvalue weighted by atomic mass is 35.5. The molecule has 3 N–H and O–H groups in total. The monoisotopic (exact) mass is 733 g/mol. The second kappa shape index (κ2) is 18.3. The molecule has 0 saturated heterocycles. The molecule has 2 aromatic carbocycles. The number of aromatic hydroxyl groups is 1. The van der Waals surface area contributed by atoms with Gasteiger partial charge in [-0.2, -0.15) is 0 Å². The number of aromatic nitrogens is 2. The molecule has 1 aliphatic rings. The smallest absolute Gasteiger partial charge is 0.354 e. The number of amides is 1. The Morgan fingerprint density at radius 1 is 0.784 bits per heavy atom. The molecule has 2 aromatic heterocycles. The zero-order valence-corrected chi connectivity index (χ0v) is 29.9. The first-order chi connectivity index (χ1) is 24.9. The second-order valence-corrected chi connectivity index (χ2v) is 11.7. The van der Waals surface area contributed by atoms with Crippen molar-refractivity contribution in [2.24, 2.45) is 0 Å². The number of halogens is 1. The number of carbonyl (C=O) groups excluding carboxylic acids is 2. The van der Waals surface area contributed by atoms with E-state index in [9.17, 15) is 14.7 Å². The molecule has 1 amide bonds. The summed E-state index contributed by atoms with van der Waals surface area (Å²) in [6.07, 6.45) is 0. The van der Waals surface area contributed by atoms with Crippen LogP contribution in [-0.2, 0) is 28.4 Å². The minimum atomic E-state index is -0.578. The molecule has 16 heteroatoms. The minimum Gasteiger partial charge on any atom is -0.506 e. The molecule has 1 atom stereocenters. The summed E-state index contributed by atoms with van der Waals surface area (Å²) in [5, 5.41) is 12.1. The van der Waals surface area contributed by atoms with Crippen LogP contribution in [0.5, 0.6) is 23.0 Å². The Balaban J connectivity index is 1.21. The lowest BCUT2D eigenvalue weighted by atomic mass is 9.98. The van der Waals surface area contributed by atoms with Crippen LogP contribution in [0.15, 0.2) is 24.3 Å². The fourth-order valence-electron chi connectivity index (χ4n) is 5.94. The van der Waals surface area contributed by atoms with E-state index >= 15 is 0 Å². The number of esters is 1. The van der Waals surface area contributed by atoms with Gasteiger partial charge in [0.15, 0.2) is 11.5 Å². The molecule has 0 radical (unpaired) electrons. The van der Waals surface area contributed by atoms with E-state index in [1.54, 1.807) is 30.2 Å². The lowest BCUT2D eigenvalue weighted by Gasteiger charge is -2.17. The van der Waals surface area contributed by atoms with Gasteiger partial charge in [0, 0.05) is 42.3 Å². The molecule has 15 nitrogen and oxygen atoms in total. The number of nitrogens with zero attached hydrogens (tertiary/aromatic N) is 1. The Bertz CT molecular complexity index is 1790. The first-order valence-electron chi connectivity index (χ1n) is 16.4. The summed E-state index contributed by atoms with van der Waals surface area (Å²) in [5.41, 5.74) is 2.60. The van der Waals surface area contributed by atoms with Gasteiger partial charge in [-0.15, -0.1) is 11.6 Å². The first kappa shape index (κ1) is 38.0. The fraction of sp³-hybridized carbons (Fsp3) is 0.486. The average molecular weight is 734 g/mol. The predicted molar refractivity (Wildman–Crippen MR) is 188 cm³/mol. The summed E-state index contributed by atoms with van der Waals surface area (Å²) in [4.78, 5) is 33.9. The van der Waals surface area contributed by atoms with Crippen molar-refractivity contribution in [3.8, 4) is 23.0 Å². The number of hydrogen-bond donors (Lipinski definition) is 3. The number of methoxy groups -OCH3 is 4. The Kier molecular flexibility index (Phi) is 13.6. The average Bonchev–Trinajstić information content (AvgIpc) is 3.88. The van der Waals surface area contributed by atoms with Crippen molar-refractivity contribution in [1.82, 2.24) is 9.97 Å². The van der Waals surface area contributed by atoms with Gasteiger partial charge < -0.3 is 62.6 Å². The highest BCUT2D eigenvalue weighted by molar-refractivity contribution is 6.19. The van der Waals surface area contributed by atoms with Crippen molar-refractivity contribution in [3.63, 3.8) is 0 Å². The molecule has 0 aliphatic carbocycles. The number of ether oxygens (including phenoxy) is 9. The highest BCUT2D eigenvalue weighted by Crippen LogP contribution is 2.47. The van der Waals surface area contributed by atoms with Crippen molar-refractivity contribution in [1.29, 1.82) is 0 Å². The van der Waals surface area contributed by atoms with Crippen LogP contribution in [0.2, 0.25) is 0 Å². The summed E-state index contributed by atoms with van der Waals surface area (Å²) < 4.78 is 49.1. The minimum absolute atomic E-state index is 0.116. The molecule has 4 aromatic rings. The lowest BCUT2D eigenvalue weighted by Crippen LogP contribution is -2.30. The van der Waals surface area contributed by atoms with Gasteiger partial charge in [-0.05, 0) is 23.8 Å². The number of anilines is 1. The van der Waals surface area contributed by atoms with Crippen LogP contribution in [0.25, 0.3) is 21.8 Å². The van der Waals surface area contributed by atoms with E-state index in [1.165, 1.54) is 27.4 Å². The Labute approximate surface area is 299 Å². The molecule has 278 valence electrons. The molecule has 0 bridgehead atoms. The van der Waals surface area contributed by atoms with Crippen molar-refractivity contribution in [3.05, 3.63) is 41.2 Å². The summed E-state index contributed by atoms with van der Waals surface area (Å²) in [6, 6.07) is 6.57. The van der Waals surface area contributed by atoms with Gasteiger partial charge in [0.2, 0.25) is 5.75 Å². The molecule has 51 heavy (non-hydrogen) atoms. The van der Waals surface area contributed by atoms with Gasteiger partial charge in [0.05, 0.1) is 97.5 Å². The van der Waals surface area contributed by atoms with E-state index in [-0.39, 0.29) is 54.6 Å². The van der Waals surface area contributed by atoms with Crippen LogP contribution in [0, 0.1) is 0 Å². The number of nitrogens with one attached hydrogen (secondary N) is 2. The van der Waals surface area contributed by atoms with E-state index in [4.69, 9.17) is 54.2 Å². The Morgan fingerprint density at radius 2 is 1.41 bits per heavy atom. The number of benzene rings is 2. The fourth-order valence-corrected chi connectivity index (χ4v) is 6.19. The molecule has 3 heterocycles. The van der Waals surface area contributed by atoms with E-state index in [2.05, 4.69) is 9.97 Å². The summed E-state index contributed by atoms with van der Waals surface area (Å²) in [6.45, 7) is 4.55. The van der Waals surface area contributed by atoms with Crippen LogP contribution in [0.3, 0.4) is 0 Å². The van der Waals surface area contributed by atoms with Crippen molar-refractivity contribution >= 4 is 51.0 Å². The van der Waals surface area contributed by atoms with Crippen LogP contribution in [0.1, 0.15) is 32.5 Å². The maximum atomic E-state index is 14.1. The van der Waals surface area contributed by atoms with Gasteiger partial charge in [0.25, 0.3) is 5.91 Å². The number of rotatable bonds is 21. The number of aromatic amines is 2. The van der Waals surface area contributed by atoms with Gasteiger partial charge in [-0.1, -0.05) is 0 Å². The van der Waals surface area contributed by atoms with Gasteiger partial charge in [-0.3, -0.25) is 4.79 Å². The summed E-state index contributed by atoms with van der Waals surface area (Å²) in [5.74, 6) is 0.0506. The molecular formula is C35H44ClN3O12. The molecular weight excluding hydrogens is 690 g/mol. The van der Waals surface area contributed by atoms with Crippen LogP contribution < -0.4 is 19.1 Å². The van der Waals surface area contributed by atoms with Gasteiger partial charge in [0.1, 0.15) is 23.7 Å². The summed E-state index contributed by atoms with van der Waals surface area (Å²) in [7, 11) is 5.93. The molecule has 0 spiro atoms. The number of phenols is 1. The number of carbonyl (C=O) groups is 2. The summed E-state index contributed by atoms with van der Waals surface area (Å²) >= 11 is 6.38. The number of phenolic OH excluding ortho intramolecular Hbond substituents is 1. The highest BCUT2D eigenvalue weighted by Gasteiger charge is 2.36. The number of fused-ring (bicyclic) bond motifs is 4. The maximum absolute atomic E-state index is 14.1. The third-order valence-corrected chi connectivity index (χ3v) is 8.69. The van der Waals surface area contributed by atoms with Crippen LogP contribution in [-0.4, -0.2) is 134 Å². The Morgan fingerprint density at radius 3 is 2.00 bits per heavy atom. The largest absolute Gasteiger partial charge is 0.506 e. The SMILES string of the molecule is COCCOCCOCCOCCOCCOc1c(OC)cc2cc(C(=O)N3C[C@@H](CCl)c4c3cc(O)c3[nH]c(C(=O)OC)cc43)[nH]c2c1OC. The lowest BCUT2D eigenvalue weighted by molar-refractivity contribution is -0.00987. The molecule has 0 saturated carbocycles. The van der Waals surface area contributed by atoms with E-state index in [0.717, 1.165) is 5.56 Å². The molecule has 1 aliphatic heterocycles. The van der Waals surface area contributed by atoms with Crippen molar-refractivity contribution in [2.45, 2.75) is 5.92 Å².